The van der Waals surface area contributed by atoms with Crippen molar-refractivity contribution in [1.82, 2.24) is 4.98 Å². The molecule has 0 aliphatic heterocycles. The Morgan fingerprint density at radius 3 is 2.58 bits per heavy atom. The van der Waals surface area contributed by atoms with Crippen molar-refractivity contribution in [1.29, 1.82) is 0 Å². The maximum Gasteiger partial charge on any atom is 0.256 e. The molecule has 1 aromatic heterocycles. The van der Waals surface area contributed by atoms with E-state index in [-0.39, 0.29) is 17.5 Å². The molecule has 0 spiro atoms. The summed E-state index contributed by atoms with van der Waals surface area (Å²) in [5.41, 5.74) is 2.21. The fourth-order valence-corrected chi connectivity index (χ4v) is 2.37. The van der Waals surface area contributed by atoms with Gasteiger partial charge in [-0.15, -0.1) is 0 Å². The van der Waals surface area contributed by atoms with E-state index in [1.54, 1.807) is 31.4 Å². The first-order chi connectivity index (χ1) is 11.7. The molecule has 5 heteroatoms. The van der Waals surface area contributed by atoms with Crippen molar-refractivity contribution in [3.8, 4) is 22.6 Å². The van der Waals surface area contributed by atoms with E-state index < -0.39 is 0 Å². The number of carbonyl (C=O) groups excluding carboxylic acids is 1. The first-order valence-corrected chi connectivity index (χ1v) is 7.38. The van der Waals surface area contributed by atoms with Crippen LogP contribution in [0, 0.1) is 0 Å². The van der Waals surface area contributed by atoms with Gasteiger partial charge in [0.1, 0.15) is 5.75 Å². The summed E-state index contributed by atoms with van der Waals surface area (Å²) in [5.74, 6) is 0.365. The van der Waals surface area contributed by atoms with Crippen LogP contribution in [-0.2, 0) is 0 Å². The number of pyridine rings is 1. The average molecular weight is 320 g/mol. The lowest BCUT2D eigenvalue weighted by Crippen LogP contribution is -2.13. The third-order valence-corrected chi connectivity index (χ3v) is 3.56. The van der Waals surface area contributed by atoms with Crippen molar-refractivity contribution in [3.63, 3.8) is 0 Å². The predicted octanol–water partition coefficient (Wildman–Crippen LogP) is 3.72. The fraction of sp³-hybridized carbons (Fsp3) is 0.0526. The summed E-state index contributed by atoms with van der Waals surface area (Å²) < 4.78 is 5.39. The number of rotatable bonds is 4. The number of methoxy groups -OCH3 is 1. The zero-order valence-electron chi connectivity index (χ0n) is 13.1. The molecule has 120 valence electrons. The third kappa shape index (κ3) is 3.20. The van der Waals surface area contributed by atoms with E-state index in [2.05, 4.69) is 10.3 Å². The van der Waals surface area contributed by atoms with Gasteiger partial charge in [-0.25, -0.2) is 4.98 Å². The van der Waals surface area contributed by atoms with Crippen LogP contribution in [0.4, 0.5) is 5.82 Å². The Morgan fingerprint density at radius 2 is 1.88 bits per heavy atom. The SMILES string of the molecule is COc1ccc(C(=O)Nc2ncccc2O)cc1-c1ccccc1. The molecule has 0 saturated carbocycles. The van der Waals surface area contributed by atoms with Crippen molar-refractivity contribution in [2.45, 2.75) is 0 Å². The molecule has 3 aromatic rings. The molecule has 1 amide bonds. The highest BCUT2D eigenvalue weighted by Gasteiger charge is 2.13. The van der Waals surface area contributed by atoms with Crippen LogP contribution in [-0.4, -0.2) is 23.1 Å². The molecule has 0 saturated heterocycles. The largest absolute Gasteiger partial charge is 0.504 e. The monoisotopic (exact) mass is 320 g/mol. The Hall–Kier alpha value is -3.34. The smallest absolute Gasteiger partial charge is 0.256 e. The molecule has 2 aromatic carbocycles. The summed E-state index contributed by atoms with van der Waals surface area (Å²) in [7, 11) is 1.59. The third-order valence-electron chi connectivity index (χ3n) is 3.56. The minimum absolute atomic E-state index is 0.0809. The van der Waals surface area contributed by atoms with Gasteiger partial charge in [0.25, 0.3) is 5.91 Å². The molecular formula is C19H16N2O3. The van der Waals surface area contributed by atoms with Crippen molar-refractivity contribution in [3.05, 3.63) is 72.4 Å². The van der Waals surface area contributed by atoms with Crippen LogP contribution in [0.25, 0.3) is 11.1 Å². The van der Waals surface area contributed by atoms with Gasteiger partial charge in [-0.2, -0.15) is 0 Å². The Bertz CT molecular complexity index is 863. The standard InChI is InChI=1S/C19H16N2O3/c1-24-17-10-9-14(12-15(17)13-6-3-2-4-7-13)19(23)21-18-16(22)8-5-11-20-18/h2-12,22H,1H3,(H,20,21,23). The lowest BCUT2D eigenvalue weighted by molar-refractivity contribution is 0.102. The predicted molar refractivity (Wildman–Crippen MR) is 92.3 cm³/mol. The lowest BCUT2D eigenvalue weighted by atomic mass is 10.0. The van der Waals surface area contributed by atoms with Gasteiger partial charge in [-0.3, -0.25) is 4.79 Å². The maximum absolute atomic E-state index is 12.4. The van der Waals surface area contributed by atoms with Gasteiger partial charge in [-0.1, -0.05) is 30.3 Å². The quantitative estimate of drug-likeness (QED) is 0.768. The Kier molecular flexibility index (Phi) is 4.43. The number of hydrogen-bond donors (Lipinski definition) is 2. The minimum atomic E-state index is -0.358. The number of aromatic nitrogens is 1. The summed E-state index contributed by atoms with van der Waals surface area (Å²) in [5, 5.41) is 12.3. The highest BCUT2D eigenvalue weighted by atomic mass is 16.5. The normalized spacial score (nSPS) is 10.2. The molecule has 24 heavy (non-hydrogen) atoms. The number of nitrogens with one attached hydrogen (secondary N) is 1. The van der Waals surface area contributed by atoms with Gasteiger partial charge in [0.15, 0.2) is 11.6 Å². The molecule has 0 fully saturated rings. The number of benzene rings is 2. The topological polar surface area (TPSA) is 71.5 Å². The highest BCUT2D eigenvalue weighted by molar-refractivity contribution is 6.05. The highest BCUT2D eigenvalue weighted by Crippen LogP contribution is 2.31. The summed E-state index contributed by atoms with van der Waals surface area (Å²) in [4.78, 5) is 16.4. The van der Waals surface area contributed by atoms with Gasteiger partial charge in [0.2, 0.25) is 0 Å². The summed E-state index contributed by atoms with van der Waals surface area (Å²) in [6.45, 7) is 0. The van der Waals surface area contributed by atoms with Gasteiger partial charge in [-0.05, 0) is 35.9 Å². The van der Waals surface area contributed by atoms with Crippen molar-refractivity contribution in [2.75, 3.05) is 12.4 Å². The molecule has 0 aliphatic carbocycles. The van der Waals surface area contributed by atoms with E-state index in [0.717, 1.165) is 11.1 Å². The number of hydrogen-bond acceptors (Lipinski definition) is 4. The molecule has 2 N–H and O–H groups in total. The second-order valence-corrected chi connectivity index (χ2v) is 5.11. The number of aromatic hydroxyl groups is 1. The van der Waals surface area contributed by atoms with Crippen LogP contribution in [0.5, 0.6) is 11.5 Å². The molecule has 0 atom stereocenters. The number of nitrogens with zero attached hydrogens (tertiary/aromatic N) is 1. The van der Waals surface area contributed by atoms with Crippen LogP contribution in [0.3, 0.4) is 0 Å². The number of anilines is 1. The van der Waals surface area contributed by atoms with Crippen LogP contribution < -0.4 is 10.1 Å². The second-order valence-electron chi connectivity index (χ2n) is 5.11. The molecule has 0 bridgehead atoms. The fourth-order valence-electron chi connectivity index (χ4n) is 2.37. The van der Waals surface area contributed by atoms with Gasteiger partial charge < -0.3 is 15.2 Å². The van der Waals surface area contributed by atoms with Crippen LogP contribution >= 0.6 is 0 Å². The second kappa shape index (κ2) is 6.83. The van der Waals surface area contributed by atoms with Crippen molar-refractivity contribution in [2.24, 2.45) is 0 Å². The molecule has 0 radical (unpaired) electrons. The van der Waals surface area contributed by atoms with E-state index in [9.17, 15) is 9.90 Å². The van der Waals surface area contributed by atoms with Crippen LogP contribution in [0.1, 0.15) is 10.4 Å². The molecule has 3 rings (SSSR count). The molecule has 0 aliphatic rings. The lowest BCUT2D eigenvalue weighted by Gasteiger charge is -2.11. The molecule has 1 heterocycles. The summed E-state index contributed by atoms with van der Waals surface area (Å²) in [6.07, 6.45) is 1.50. The first-order valence-electron chi connectivity index (χ1n) is 7.38. The maximum atomic E-state index is 12.4. The van der Waals surface area contributed by atoms with Gasteiger partial charge >= 0.3 is 0 Å². The zero-order chi connectivity index (χ0) is 16.9. The minimum Gasteiger partial charge on any atom is -0.504 e. The molecule has 5 nitrogen and oxygen atoms in total. The Morgan fingerprint density at radius 1 is 1.08 bits per heavy atom. The Balaban J connectivity index is 1.94. The van der Waals surface area contributed by atoms with E-state index >= 15 is 0 Å². The Labute approximate surface area is 139 Å². The van der Waals surface area contributed by atoms with Crippen LogP contribution in [0.15, 0.2) is 66.9 Å². The number of carbonyl (C=O) groups is 1. The van der Waals surface area contributed by atoms with Gasteiger partial charge in [0.05, 0.1) is 7.11 Å². The van der Waals surface area contributed by atoms with E-state index in [1.807, 2.05) is 30.3 Å². The summed E-state index contributed by atoms with van der Waals surface area (Å²) >= 11 is 0. The van der Waals surface area contributed by atoms with Crippen molar-refractivity contribution < 1.29 is 14.6 Å². The summed E-state index contributed by atoms with van der Waals surface area (Å²) in [6, 6.07) is 17.9. The average Bonchev–Trinajstić information content (AvgIpc) is 2.63. The number of amides is 1. The van der Waals surface area contributed by atoms with Crippen LogP contribution in [0.2, 0.25) is 0 Å². The van der Waals surface area contributed by atoms with Crippen molar-refractivity contribution >= 4 is 11.7 Å². The zero-order valence-corrected chi connectivity index (χ0v) is 13.1. The molecule has 0 unspecified atom stereocenters. The molecular weight excluding hydrogens is 304 g/mol. The first kappa shape index (κ1) is 15.6. The van der Waals surface area contributed by atoms with E-state index in [0.29, 0.717) is 11.3 Å². The van der Waals surface area contributed by atoms with E-state index in [4.69, 9.17) is 4.74 Å². The van der Waals surface area contributed by atoms with E-state index in [1.165, 1.54) is 12.3 Å². The number of ether oxygens (including phenoxy) is 1. The van der Waals surface area contributed by atoms with Gasteiger partial charge in [0, 0.05) is 17.3 Å².